The molecule has 0 aliphatic carbocycles. The van der Waals surface area contributed by atoms with Crippen LogP contribution >= 0.6 is 11.3 Å². The summed E-state index contributed by atoms with van der Waals surface area (Å²) in [5.74, 6) is 0. The Balaban J connectivity index is 1.40. The summed E-state index contributed by atoms with van der Waals surface area (Å²) in [5.41, 5.74) is 11.4. The molecule has 3 aliphatic heterocycles. The molecule has 0 bridgehead atoms. The van der Waals surface area contributed by atoms with Crippen molar-refractivity contribution in [1.29, 1.82) is 0 Å². The summed E-state index contributed by atoms with van der Waals surface area (Å²) in [6.45, 7) is 4.88. The molecular weight excluding hydrogens is 505 g/mol. The SMILES string of the molecule is CC1(C)N(c2ccccc2)c2cccc3c2N1c1cccc2c1B3c1sc3ccccc3c1N2c1ccccc1. The number of fused-ring (bicyclic) bond motifs is 6. The van der Waals surface area contributed by atoms with E-state index in [0.29, 0.717) is 0 Å². The molecule has 190 valence electrons. The molecule has 0 atom stereocenters. The van der Waals surface area contributed by atoms with Crippen molar-refractivity contribution in [1.82, 2.24) is 0 Å². The minimum atomic E-state index is -0.294. The van der Waals surface area contributed by atoms with Crippen LogP contribution < -0.4 is 30.4 Å². The number of hydrogen-bond donors (Lipinski definition) is 0. The van der Waals surface area contributed by atoms with Gasteiger partial charge in [0.25, 0.3) is 6.71 Å². The Kier molecular flexibility index (Phi) is 4.36. The maximum absolute atomic E-state index is 2.60. The maximum atomic E-state index is 2.60. The summed E-state index contributed by atoms with van der Waals surface area (Å²) >= 11 is 1.95. The monoisotopic (exact) mass is 531 g/mol. The molecule has 0 saturated carbocycles. The van der Waals surface area contributed by atoms with E-state index in [2.05, 4.69) is 150 Å². The first kappa shape index (κ1) is 22.4. The van der Waals surface area contributed by atoms with Gasteiger partial charge in [-0.1, -0.05) is 72.8 Å². The van der Waals surface area contributed by atoms with Crippen molar-refractivity contribution in [3.63, 3.8) is 0 Å². The summed E-state index contributed by atoms with van der Waals surface area (Å²) in [5, 5.41) is 1.32. The highest BCUT2D eigenvalue weighted by molar-refractivity contribution is 7.33. The molecule has 9 rings (SSSR count). The zero-order valence-corrected chi connectivity index (χ0v) is 23.2. The van der Waals surface area contributed by atoms with Crippen molar-refractivity contribution < 1.29 is 0 Å². The highest BCUT2D eigenvalue weighted by atomic mass is 32.1. The molecule has 3 nitrogen and oxygen atoms in total. The van der Waals surface area contributed by atoms with Gasteiger partial charge in [-0.2, -0.15) is 0 Å². The van der Waals surface area contributed by atoms with Gasteiger partial charge in [-0.3, -0.25) is 0 Å². The van der Waals surface area contributed by atoms with Crippen LogP contribution in [0.3, 0.4) is 0 Å². The van der Waals surface area contributed by atoms with Crippen LogP contribution in [0, 0.1) is 0 Å². The van der Waals surface area contributed by atoms with Gasteiger partial charge in [-0.25, -0.2) is 0 Å². The highest BCUT2D eigenvalue weighted by Gasteiger charge is 2.53. The predicted molar refractivity (Wildman–Crippen MR) is 172 cm³/mol. The molecule has 4 heterocycles. The van der Waals surface area contributed by atoms with Gasteiger partial charge in [0, 0.05) is 37.6 Å². The second kappa shape index (κ2) is 7.80. The summed E-state index contributed by atoms with van der Waals surface area (Å²) in [6, 6.07) is 44.4. The molecule has 40 heavy (non-hydrogen) atoms. The van der Waals surface area contributed by atoms with Crippen LogP contribution in [0.4, 0.5) is 39.8 Å². The Morgan fingerprint density at radius 3 is 2.02 bits per heavy atom. The summed E-state index contributed by atoms with van der Waals surface area (Å²) in [6.07, 6.45) is 0. The molecule has 0 amide bonds. The zero-order chi connectivity index (χ0) is 26.6. The zero-order valence-electron chi connectivity index (χ0n) is 22.4. The lowest BCUT2D eigenvalue weighted by atomic mass is 9.36. The molecule has 0 radical (unpaired) electrons. The van der Waals surface area contributed by atoms with Gasteiger partial charge in [-0.15, -0.1) is 11.3 Å². The van der Waals surface area contributed by atoms with Crippen LogP contribution in [0.5, 0.6) is 0 Å². The molecule has 0 unspecified atom stereocenters. The van der Waals surface area contributed by atoms with Gasteiger partial charge in [0.05, 0.1) is 17.1 Å². The third kappa shape index (κ3) is 2.70. The van der Waals surface area contributed by atoms with Gasteiger partial charge >= 0.3 is 0 Å². The minimum absolute atomic E-state index is 0.177. The molecular formula is C35H26BN3S. The Hall–Kier alpha value is -4.48. The minimum Gasteiger partial charge on any atom is -0.317 e. The molecule has 0 spiro atoms. The van der Waals surface area contributed by atoms with Crippen LogP contribution in [0.2, 0.25) is 0 Å². The second-order valence-electron chi connectivity index (χ2n) is 11.3. The van der Waals surface area contributed by atoms with Crippen LogP contribution in [0.1, 0.15) is 13.8 Å². The molecule has 0 N–H and O–H groups in total. The topological polar surface area (TPSA) is 9.72 Å². The van der Waals surface area contributed by atoms with Crippen LogP contribution in [0.25, 0.3) is 10.1 Å². The summed E-state index contributed by atoms with van der Waals surface area (Å²) in [7, 11) is 0. The van der Waals surface area contributed by atoms with E-state index < -0.39 is 0 Å². The number of para-hydroxylation sites is 3. The third-order valence-corrected chi connectivity index (χ3v) is 10.1. The fourth-order valence-corrected chi connectivity index (χ4v) is 8.74. The first-order valence-electron chi connectivity index (χ1n) is 13.9. The number of hydrogen-bond acceptors (Lipinski definition) is 4. The van der Waals surface area contributed by atoms with Crippen LogP contribution in [0.15, 0.2) is 121 Å². The average molecular weight is 531 g/mol. The largest absolute Gasteiger partial charge is 0.317 e. The predicted octanol–water partition coefficient (Wildman–Crippen LogP) is 7.54. The van der Waals surface area contributed by atoms with E-state index in [1.165, 1.54) is 65.6 Å². The van der Waals surface area contributed by atoms with Gasteiger partial charge in [-0.05, 0) is 73.3 Å². The molecule has 0 saturated heterocycles. The fraction of sp³-hybridized carbons (Fsp3) is 0.0857. The van der Waals surface area contributed by atoms with E-state index in [-0.39, 0.29) is 12.4 Å². The molecule has 0 fully saturated rings. The first-order valence-corrected chi connectivity index (χ1v) is 14.7. The second-order valence-corrected chi connectivity index (χ2v) is 12.4. The fourth-order valence-electron chi connectivity index (χ4n) is 7.42. The number of anilines is 7. The lowest BCUT2D eigenvalue weighted by Crippen LogP contribution is -2.62. The number of benzene rings is 5. The average Bonchev–Trinajstić information content (AvgIpc) is 3.48. The smallest absolute Gasteiger partial charge is 0.264 e. The maximum Gasteiger partial charge on any atom is 0.264 e. The van der Waals surface area contributed by atoms with Gasteiger partial charge in [0.1, 0.15) is 5.66 Å². The number of thiophene rings is 1. The highest BCUT2D eigenvalue weighted by Crippen LogP contribution is 2.55. The molecule has 1 aromatic heterocycles. The van der Waals surface area contributed by atoms with Gasteiger partial charge in [0.15, 0.2) is 0 Å². The molecule has 6 aromatic rings. The summed E-state index contributed by atoms with van der Waals surface area (Å²) in [4.78, 5) is 7.63. The van der Waals surface area contributed by atoms with Crippen molar-refractivity contribution in [2.24, 2.45) is 0 Å². The van der Waals surface area contributed by atoms with Crippen molar-refractivity contribution in [3.05, 3.63) is 121 Å². The van der Waals surface area contributed by atoms with Gasteiger partial charge in [0.2, 0.25) is 0 Å². The number of nitrogens with zero attached hydrogens (tertiary/aromatic N) is 3. The van der Waals surface area contributed by atoms with Crippen molar-refractivity contribution >= 4 is 83.6 Å². The van der Waals surface area contributed by atoms with Crippen molar-refractivity contribution in [2.45, 2.75) is 19.5 Å². The standard InChI is InChI=1S/C35H26BN3S/c1-35(2)38(24-15-7-4-8-16-24)29-21-11-18-26-33(29)39(35)28-20-12-19-27-31(28)36(26)34-32(25-17-9-10-22-30(25)40-34)37(27)23-13-5-3-6-14-23/h3-22H,1-2H3. The first-order chi connectivity index (χ1) is 19.6. The normalized spacial score (nSPS) is 15.8. The third-order valence-electron chi connectivity index (χ3n) is 8.86. The van der Waals surface area contributed by atoms with E-state index in [4.69, 9.17) is 0 Å². The Morgan fingerprint density at radius 2 is 1.23 bits per heavy atom. The van der Waals surface area contributed by atoms with Crippen molar-refractivity contribution in [2.75, 3.05) is 14.7 Å². The lowest BCUT2D eigenvalue weighted by molar-refractivity contribution is 0.541. The molecule has 5 heteroatoms. The van der Waals surface area contributed by atoms with E-state index in [1.54, 1.807) is 0 Å². The summed E-state index contributed by atoms with van der Waals surface area (Å²) < 4.78 is 2.76. The quantitative estimate of drug-likeness (QED) is 0.214. The van der Waals surface area contributed by atoms with Crippen LogP contribution in [-0.2, 0) is 0 Å². The lowest BCUT2D eigenvalue weighted by Gasteiger charge is -2.46. The van der Waals surface area contributed by atoms with Gasteiger partial charge < -0.3 is 14.7 Å². The van der Waals surface area contributed by atoms with E-state index >= 15 is 0 Å². The number of rotatable bonds is 2. The van der Waals surface area contributed by atoms with Crippen LogP contribution in [-0.4, -0.2) is 12.4 Å². The van der Waals surface area contributed by atoms with Crippen molar-refractivity contribution in [3.8, 4) is 0 Å². The van der Waals surface area contributed by atoms with E-state index in [0.717, 1.165) is 0 Å². The van der Waals surface area contributed by atoms with E-state index in [1.807, 2.05) is 11.3 Å². The Labute approximate surface area is 238 Å². The van der Waals surface area contributed by atoms with E-state index in [9.17, 15) is 0 Å². The molecule has 5 aromatic carbocycles. The Bertz CT molecular complexity index is 1960. The Morgan fingerprint density at radius 1 is 0.575 bits per heavy atom. The molecule has 3 aliphatic rings.